The highest BCUT2D eigenvalue weighted by atomic mass is 16.4. The van der Waals surface area contributed by atoms with Crippen LogP contribution in [-0.4, -0.2) is 25.4 Å². The average molecular weight is 269 g/mol. The van der Waals surface area contributed by atoms with E-state index in [1.807, 2.05) is 41.3 Å². The molecule has 6 nitrogen and oxygen atoms in total. The van der Waals surface area contributed by atoms with Crippen molar-refractivity contribution < 1.29 is 5.21 Å². The van der Waals surface area contributed by atoms with Crippen LogP contribution in [0.1, 0.15) is 5.56 Å². The summed E-state index contributed by atoms with van der Waals surface area (Å²) in [6.07, 6.45) is 5.74. The molecule has 3 N–H and O–H groups in total. The number of aryl methyl sites for hydroxylation is 2. The standard InChI is InChI=1S/C14H15N5O/c15-14(17-20)12-3-2-11-4-7-18(13(11)10-12)8-9-19-6-1-5-16-19/h1-7,10,20H,8-9H2,(H2,15,17). The average Bonchev–Trinajstić information content (AvgIpc) is 3.13. The highest BCUT2D eigenvalue weighted by Gasteiger charge is 2.05. The van der Waals surface area contributed by atoms with E-state index >= 15 is 0 Å². The molecule has 3 rings (SSSR count). The maximum atomic E-state index is 8.75. The number of amidine groups is 1. The maximum absolute atomic E-state index is 8.75. The monoisotopic (exact) mass is 269 g/mol. The minimum Gasteiger partial charge on any atom is -0.409 e. The summed E-state index contributed by atoms with van der Waals surface area (Å²) in [7, 11) is 0. The quantitative estimate of drug-likeness (QED) is 0.327. The summed E-state index contributed by atoms with van der Waals surface area (Å²) in [6, 6.07) is 9.69. The van der Waals surface area contributed by atoms with E-state index in [1.165, 1.54) is 0 Å². The number of hydrogen-bond acceptors (Lipinski definition) is 3. The van der Waals surface area contributed by atoms with Crippen LogP contribution in [0.15, 0.2) is 54.1 Å². The van der Waals surface area contributed by atoms with Crippen LogP contribution in [0.2, 0.25) is 0 Å². The van der Waals surface area contributed by atoms with Gasteiger partial charge in [-0.3, -0.25) is 4.68 Å². The summed E-state index contributed by atoms with van der Waals surface area (Å²) < 4.78 is 4.02. The lowest BCUT2D eigenvalue weighted by Gasteiger charge is -2.07. The van der Waals surface area contributed by atoms with Crippen molar-refractivity contribution in [3.05, 3.63) is 54.5 Å². The first-order valence-electron chi connectivity index (χ1n) is 6.32. The molecule has 20 heavy (non-hydrogen) atoms. The molecule has 0 bridgehead atoms. The molecule has 0 saturated heterocycles. The molecule has 0 atom stereocenters. The van der Waals surface area contributed by atoms with Gasteiger partial charge in [0.2, 0.25) is 0 Å². The molecule has 0 unspecified atom stereocenters. The molecule has 2 aromatic heterocycles. The second-order valence-corrected chi connectivity index (χ2v) is 4.54. The Morgan fingerprint density at radius 1 is 1.25 bits per heavy atom. The van der Waals surface area contributed by atoms with Gasteiger partial charge in [0, 0.05) is 36.2 Å². The van der Waals surface area contributed by atoms with Crippen LogP contribution >= 0.6 is 0 Å². The van der Waals surface area contributed by atoms with E-state index in [9.17, 15) is 0 Å². The number of oxime groups is 1. The fourth-order valence-corrected chi connectivity index (χ4v) is 2.24. The predicted octanol–water partition coefficient (Wildman–Crippen LogP) is 1.63. The second kappa shape index (κ2) is 5.08. The minimum absolute atomic E-state index is 0.117. The van der Waals surface area contributed by atoms with Gasteiger partial charge in [-0.15, -0.1) is 0 Å². The summed E-state index contributed by atoms with van der Waals surface area (Å²) in [4.78, 5) is 0. The van der Waals surface area contributed by atoms with Gasteiger partial charge in [-0.25, -0.2) is 0 Å². The van der Waals surface area contributed by atoms with E-state index in [0.29, 0.717) is 5.56 Å². The van der Waals surface area contributed by atoms with E-state index in [-0.39, 0.29) is 5.84 Å². The maximum Gasteiger partial charge on any atom is 0.170 e. The van der Waals surface area contributed by atoms with Crippen molar-refractivity contribution in [3.8, 4) is 0 Å². The van der Waals surface area contributed by atoms with Crippen LogP contribution in [0.5, 0.6) is 0 Å². The molecule has 0 radical (unpaired) electrons. The highest BCUT2D eigenvalue weighted by Crippen LogP contribution is 2.18. The van der Waals surface area contributed by atoms with Gasteiger partial charge < -0.3 is 15.5 Å². The number of nitrogens with zero attached hydrogens (tertiary/aromatic N) is 4. The van der Waals surface area contributed by atoms with Gasteiger partial charge in [-0.1, -0.05) is 17.3 Å². The zero-order valence-electron chi connectivity index (χ0n) is 10.8. The molecular weight excluding hydrogens is 254 g/mol. The summed E-state index contributed by atoms with van der Waals surface area (Å²) in [5, 5.41) is 17.1. The molecule has 2 heterocycles. The summed E-state index contributed by atoms with van der Waals surface area (Å²) in [5.74, 6) is 0.117. The number of benzene rings is 1. The zero-order chi connectivity index (χ0) is 13.9. The summed E-state index contributed by atoms with van der Waals surface area (Å²) in [6.45, 7) is 1.61. The predicted molar refractivity (Wildman–Crippen MR) is 76.7 cm³/mol. The largest absolute Gasteiger partial charge is 0.409 e. The van der Waals surface area contributed by atoms with Gasteiger partial charge in [-0.05, 0) is 23.6 Å². The summed E-state index contributed by atoms with van der Waals surface area (Å²) >= 11 is 0. The molecule has 0 aliphatic rings. The van der Waals surface area contributed by atoms with Gasteiger partial charge in [0.15, 0.2) is 5.84 Å². The number of nitrogens with two attached hydrogens (primary N) is 1. The Bertz CT molecular complexity index is 742. The van der Waals surface area contributed by atoms with E-state index in [1.54, 1.807) is 6.20 Å². The van der Waals surface area contributed by atoms with Crippen molar-refractivity contribution >= 4 is 16.7 Å². The Kier molecular flexibility index (Phi) is 3.12. The number of hydrogen-bond donors (Lipinski definition) is 2. The van der Waals surface area contributed by atoms with Gasteiger partial charge in [0.05, 0.1) is 6.54 Å². The van der Waals surface area contributed by atoms with E-state index in [0.717, 1.165) is 24.0 Å². The smallest absolute Gasteiger partial charge is 0.170 e. The lowest BCUT2D eigenvalue weighted by molar-refractivity contribution is 0.318. The SMILES string of the molecule is N/C(=N/O)c1ccc2ccn(CCn3cccn3)c2c1. The summed E-state index contributed by atoms with van der Waals surface area (Å²) in [5.41, 5.74) is 7.40. The van der Waals surface area contributed by atoms with Crippen molar-refractivity contribution in [2.75, 3.05) is 0 Å². The van der Waals surface area contributed by atoms with Crippen LogP contribution in [0.3, 0.4) is 0 Å². The van der Waals surface area contributed by atoms with E-state index in [4.69, 9.17) is 10.9 Å². The lowest BCUT2D eigenvalue weighted by atomic mass is 10.1. The molecule has 1 aromatic carbocycles. The van der Waals surface area contributed by atoms with E-state index < -0.39 is 0 Å². The fourth-order valence-electron chi connectivity index (χ4n) is 2.24. The molecule has 0 spiro atoms. The third kappa shape index (κ3) is 2.23. The van der Waals surface area contributed by atoms with Gasteiger partial charge in [-0.2, -0.15) is 5.10 Å². The highest BCUT2D eigenvalue weighted by molar-refractivity contribution is 6.00. The minimum atomic E-state index is 0.117. The van der Waals surface area contributed by atoms with Crippen LogP contribution in [-0.2, 0) is 13.1 Å². The zero-order valence-corrected chi connectivity index (χ0v) is 10.8. The molecular formula is C14H15N5O. The van der Waals surface area contributed by atoms with Crippen molar-refractivity contribution in [3.63, 3.8) is 0 Å². The molecule has 6 heteroatoms. The van der Waals surface area contributed by atoms with Crippen LogP contribution in [0, 0.1) is 0 Å². The van der Waals surface area contributed by atoms with Crippen LogP contribution < -0.4 is 5.73 Å². The van der Waals surface area contributed by atoms with Crippen molar-refractivity contribution in [1.82, 2.24) is 14.3 Å². The molecule has 102 valence electrons. The molecule has 0 amide bonds. The molecule has 0 aliphatic carbocycles. The lowest BCUT2D eigenvalue weighted by Crippen LogP contribution is -2.13. The first-order valence-corrected chi connectivity index (χ1v) is 6.32. The van der Waals surface area contributed by atoms with Crippen molar-refractivity contribution in [1.29, 1.82) is 0 Å². The van der Waals surface area contributed by atoms with Crippen molar-refractivity contribution in [2.24, 2.45) is 10.9 Å². The Labute approximate surface area is 115 Å². The third-order valence-corrected chi connectivity index (χ3v) is 3.31. The number of rotatable bonds is 4. The fraction of sp³-hybridized carbons (Fsp3) is 0.143. The van der Waals surface area contributed by atoms with Gasteiger partial charge in [0.1, 0.15) is 0 Å². The molecule has 3 aromatic rings. The molecule has 0 saturated carbocycles. The normalized spacial score (nSPS) is 12.1. The van der Waals surface area contributed by atoms with Crippen LogP contribution in [0.4, 0.5) is 0 Å². The Morgan fingerprint density at radius 2 is 2.15 bits per heavy atom. The first kappa shape index (κ1) is 12.3. The van der Waals surface area contributed by atoms with Crippen LogP contribution in [0.25, 0.3) is 10.9 Å². The Balaban J connectivity index is 1.90. The van der Waals surface area contributed by atoms with Gasteiger partial charge in [0.25, 0.3) is 0 Å². The topological polar surface area (TPSA) is 81.4 Å². The van der Waals surface area contributed by atoms with E-state index in [2.05, 4.69) is 20.9 Å². The second-order valence-electron chi connectivity index (χ2n) is 4.54. The van der Waals surface area contributed by atoms with Crippen molar-refractivity contribution in [2.45, 2.75) is 13.1 Å². The van der Waals surface area contributed by atoms with Gasteiger partial charge >= 0.3 is 0 Å². The number of fused-ring (bicyclic) bond motifs is 1. The molecule has 0 aliphatic heterocycles. The number of aromatic nitrogens is 3. The first-order chi connectivity index (χ1) is 9.78. The molecule has 0 fully saturated rings. The Morgan fingerprint density at radius 3 is 2.90 bits per heavy atom. The Hall–Kier alpha value is -2.76. The third-order valence-electron chi connectivity index (χ3n) is 3.31.